The van der Waals surface area contributed by atoms with Crippen molar-refractivity contribution in [2.45, 2.75) is 56.5 Å². The molecule has 1 aromatic carbocycles. The number of carbonyl (C=O) groups is 1. The molecule has 0 heterocycles. The van der Waals surface area contributed by atoms with Gasteiger partial charge in [-0.05, 0) is 44.9 Å². The molecule has 2 rings (SSSR count). The van der Waals surface area contributed by atoms with Crippen LogP contribution in [0.5, 0.6) is 0 Å². The molecule has 0 spiro atoms. The number of benzene rings is 1. The van der Waals surface area contributed by atoms with Crippen molar-refractivity contribution >= 4 is 21.7 Å². The number of carboxylic acid groups (broad SMARTS) is 1. The Bertz CT molecular complexity index is 650. The van der Waals surface area contributed by atoms with E-state index in [1.54, 1.807) is 0 Å². The van der Waals surface area contributed by atoms with Crippen molar-refractivity contribution in [1.82, 2.24) is 4.72 Å². The Morgan fingerprint density at radius 1 is 1.27 bits per heavy atom. The fourth-order valence-corrected chi connectivity index (χ4v) is 4.13. The van der Waals surface area contributed by atoms with E-state index in [0.29, 0.717) is 5.69 Å². The second kappa shape index (κ2) is 6.66. The number of aromatic carboxylic acids is 1. The third kappa shape index (κ3) is 3.98. The lowest BCUT2D eigenvalue weighted by Gasteiger charge is -2.18. The third-order valence-electron chi connectivity index (χ3n) is 3.64. The van der Waals surface area contributed by atoms with Crippen LogP contribution in [-0.4, -0.2) is 31.6 Å². The molecule has 0 amide bonds. The SMILES string of the molecule is CC(C)Nc1ccc(C(=O)O)cc1S(=O)(=O)NC1CCCC1. The monoisotopic (exact) mass is 326 g/mol. The van der Waals surface area contributed by atoms with Crippen LogP contribution in [0, 0.1) is 0 Å². The summed E-state index contributed by atoms with van der Waals surface area (Å²) in [7, 11) is -3.75. The lowest BCUT2D eigenvalue weighted by molar-refractivity contribution is 0.0696. The standard InChI is InChI=1S/C15H22N2O4S/c1-10(2)16-13-8-7-11(15(18)19)9-14(13)22(20,21)17-12-5-3-4-6-12/h7-10,12,16-17H,3-6H2,1-2H3,(H,18,19). The molecule has 0 aliphatic heterocycles. The summed E-state index contributed by atoms with van der Waals surface area (Å²) in [5, 5.41) is 12.2. The molecule has 122 valence electrons. The van der Waals surface area contributed by atoms with Crippen LogP contribution in [0.2, 0.25) is 0 Å². The van der Waals surface area contributed by atoms with Gasteiger partial charge in [0.05, 0.1) is 11.3 Å². The lowest BCUT2D eigenvalue weighted by Crippen LogP contribution is -2.33. The predicted molar refractivity (Wildman–Crippen MR) is 84.7 cm³/mol. The van der Waals surface area contributed by atoms with Gasteiger partial charge in [-0.2, -0.15) is 0 Å². The fraction of sp³-hybridized carbons (Fsp3) is 0.533. The second-order valence-corrected chi connectivity index (χ2v) is 7.60. The normalized spacial score (nSPS) is 16.1. The van der Waals surface area contributed by atoms with Gasteiger partial charge in [0.25, 0.3) is 0 Å². The molecular formula is C15H22N2O4S. The second-order valence-electron chi connectivity index (χ2n) is 5.92. The molecule has 1 aromatic rings. The van der Waals surface area contributed by atoms with Gasteiger partial charge >= 0.3 is 5.97 Å². The van der Waals surface area contributed by atoms with E-state index in [-0.39, 0.29) is 22.5 Å². The maximum atomic E-state index is 12.6. The van der Waals surface area contributed by atoms with E-state index < -0.39 is 16.0 Å². The van der Waals surface area contributed by atoms with Gasteiger partial charge in [0.1, 0.15) is 4.90 Å². The van der Waals surface area contributed by atoms with Crippen molar-refractivity contribution in [3.05, 3.63) is 23.8 Å². The number of rotatable bonds is 6. The van der Waals surface area contributed by atoms with Crippen molar-refractivity contribution in [3.63, 3.8) is 0 Å². The molecule has 0 aromatic heterocycles. The van der Waals surface area contributed by atoms with E-state index in [1.807, 2.05) is 13.8 Å². The Kier molecular flexibility index (Phi) is 5.08. The van der Waals surface area contributed by atoms with E-state index in [9.17, 15) is 13.2 Å². The minimum absolute atomic E-state index is 0.00648. The summed E-state index contributed by atoms with van der Waals surface area (Å²) < 4.78 is 27.9. The highest BCUT2D eigenvalue weighted by Crippen LogP contribution is 2.26. The van der Waals surface area contributed by atoms with Crippen LogP contribution in [0.4, 0.5) is 5.69 Å². The largest absolute Gasteiger partial charge is 0.478 e. The number of hydrogen-bond acceptors (Lipinski definition) is 4. The molecule has 1 fully saturated rings. The van der Waals surface area contributed by atoms with Crippen molar-refractivity contribution < 1.29 is 18.3 Å². The molecule has 0 atom stereocenters. The molecule has 1 aliphatic carbocycles. The molecule has 0 saturated heterocycles. The summed E-state index contributed by atoms with van der Waals surface area (Å²) in [6.07, 6.45) is 3.68. The zero-order chi connectivity index (χ0) is 16.3. The van der Waals surface area contributed by atoms with Gasteiger partial charge in [0.2, 0.25) is 10.0 Å². The molecule has 7 heteroatoms. The molecule has 0 bridgehead atoms. The van der Waals surface area contributed by atoms with E-state index in [2.05, 4.69) is 10.0 Å². The van der Waals surface area contributed by atoms with Crippen LogP contribution < -0.4 is 10.0 Å². The maximum absolute atomic E-state index is 12.6. The quantitative estimate of drug-likeness (QED) is 0.746. The van der Waals surface area contributed by atoms with Gasteiger partial charge in [-0.15, -0.1) is 0 Å². The summed E-state index contributed by atoms with van der Waals surface area (Å²) in [6.45, 7) is 3.79. The minimum Gasteiger partial charge on any atom is -0.478 e. The zero-order valence-corrected chi connectivity index (χ0v) is 13.6. The number of carboxylic acids is 1. The zero-order valence-electron chi connectivity index (χ0n) is 12.8. The van der Waals surface area contributed by atoms with Crippen molar-refractivity contribution in [2.75, 3.05) is 5.32 Å². The average Bonchev–Trinajstić information content (AvgIpc) is 2.90. The van der Waals surface area contributed by atoms with Gasteiger partial charge < -0.3 is 10.4 Å². The summed E-state index contributed by atoms with van der Waals surface area (Å²) in [5.74, 6) is -1.14. The number of sulfonamides is 1. The van der Waals surface area contributed by atoms with Gasteiger partial charge in [-0.3, -0.25) is 0 Å². The first kappa shape index (κ1) is 16.8. The Labute approximate surface area is 131 Å². The van der Waals surface area contributed by atoms with Gasteiger partial charge in [-0.1, -0.05) is 12.8 Å². The Hall–Kier alpha value is -1.60. The van der Waals surface area contributed by atoms with E-state index >= 15 is 0 Å². The Morgan fingerprint density at radius 3 is 2.45 bits per heavy atom. The number of anilines is 1. The smallest absolute Gasteiger partial charge is 0.335 e. The van der Waals surface area contributed by atoms with E-state index in [1.165, 1.54) is 18.2 Å². The highest BCUT2D eigenvalue weighted by molar-refractivity contribution is 7.89. The molecule has 22 heavy (non-hydrogen) atoms. The summed E-state index contributed by atoms with van der Waals surface area (Å²) in [4.78, 5) is 11.1. The first-order chi connectivity index (χ1) is 10.3. The lowest BCUT2D eigenvalue weighted by atomic mass is 10.2. The summed E-state index contributed by atoms with van der Waals surface area (Å²) in [6, 6.07) is 4.10. The highest BCUT2D eigenvalue weighted by Gasteiger charge is 2.26. The molecule has 0 radical (unpaired) electrons. The highest BCUT2D eigenvalue weighted by atomic mass is 32.2. The van der Waals surface area contributed by atoms with Crippen LogP contribution >= 0.6 is 0 Å². The van der Waals surface area contributed by atoms with Crippen LogP contribution in [-0.2, 0) is 10.0 Å². The van der Waals surface area contributed by atoms with Crippen LogP contribution in [0.3, 0.4) is 0 Å². The van der Waals surface area contributed by atoms with Crippen LogP contribution in [0.15, 0.2) is 23.1 Å². The van der Waals surface area contributed by atoms with E-state index in [4.69, 9.17) is 5.11 Å². The average molecular weight is 326 g/mol. The maximum Gasteiger partial charge on any atom is 0.335 e. The fourth-order valence-electron chi connectivity index (χ4n) is 2.63. The molecule has 1 saturated carbocycles. The van der Waals surface area contributed by atoms with Crippen molar-refractivity contribution in [2.24, 2.45) is 0 Å². The third-order valence-corrected chi connectivity index (χ3v) is 5.20. The summed E-state index contributed by atoms with van der Waals surface area (Å²) >= 11 is 0. The van der Waals surface area contributed by atoms with Crippen LogP contribution in [0.25, 0.3) is 0 Å². The van der Waals surface area contributed by atoms with E-state index in [0.717, 1.165) is 25.7 Å². The van der Waals surface area contributed by atoms with Crippen molar-refractivity contribution in [1.29, 1.82) is 0 Å². The number of nitrogens with one attached hydrogen (secondary N) is 2. The van der Waals surface area contributed by atoms with Crippen LogP contribution in [0.1, 0.15) is 49.9 Å². The molecule has 6 nitrogen and oxygen atoms in total. The predicted octanol–water partition coefficient (Wildman–Crippen LogP) is 2.43. The Morgan fingerprint density at radius 2 is 1.91 bits per heavy atom. The molecule has 1 aliphatic rings. The molecular weight excluding hydrogens is 304 g/mol. The molecule has 3 N–H and O–H groups in total. The molecule has 0 unspecified atom stereocenters. The van der Waals surface area contributed by atoms with Gasteiger partial charge in [0.15, 0.2) is 0 Å². The Balaban J connectivity index is 2.39. The van der Waals surface area contributed by atoms with Crippen molar-refractivity contribution in [3.8, 4) is 0 Å². The van der Waals surface area contributed by atoms with Gasteiger partial charge in [-0.25, -0.2) is 17.9 Å². The minimum atomic E-state index is -3.75. The topological polar surface area (TPSA) is 95.5 Å². The van der Waals surface area contributed by atoms with Gasteiger partial charge in [0, 0.05) is 12.1 Å². The first-order valence-corrected chi connectivity index (χ1v) is 8.94. The summed E-state index contributed by atoms with van der Waals surface area (Å²) in [5.41, 5.74) is 0.381. The first-order valence-electron chi connectivity index (χ1n) is 7.46. The number of hydrogen-bond donors (Lipinski definition) is 3.